The second-order valence-corrected chi connectivity index (χ2v) is 5.17. The van der Waals surface area contributed by atoms with Crippen LogP contribution in [-0.4, -0.2) is 29.4 Å². The van der Waals surface area contributed by atoms with E-state index in [0.29, 0.717) is 6.42 Å². The van der Waals surface area contributed by atoms with E-state index in [9.17, 15) is 4.79 Å². The Balaban J connectivity index is 2.29. The number of aromatic nitrogens is 2. The molecule has 2 rings (SSSR count). The van der Waals surface area contributed by atoms with Crippen LogP contribution in [-0.2, 0) is 28.4 Å². The molecule has 0 fully saturated rings. The number of carbonyl (C=O) groups is 1. The second-order valence-electron chi connectivity index (χ2n) is 5.17. The zero-order valence-electron chi connectivity index (χ0n) is 12.5. The molecule has 1 aromatic heterocycles. The third kappa shape index (κ3) is 3.13. The Morgan fingerprint density at radius 2 is 2.10 bits per heavy atom. The van der Waals surface area contributed by atoms with Crippen LogP contribution < -0.4 is 5.73 Å². The molecular weight excluding hydrogens is 266 g/mol. The van der Waals surface area contributed by atoms with Crippen LogP contribution in [0.3, 0.4) is 0 Å². The fourth-order valence-electron chi connectivity index (χ4n) is 2.58. The van der Waals surface area contributed by atoms with Crippen molar-refractivity contribution >= 4 is 5.97 Å². The van der Waals surface area contributed by atoms with Gasteiger partial charge in [-0.1, -0.05) is 30.3 Å². The van der Waals surface area contributed by atoms with Crippen LogP contribution in [0, 0.1) is 0 Å². The summed E-state index contributed by atoms with van der Waals surface area (Å²) in [6.07, 6.45) is 5.06. The molecule has 0 radical (unpaired) electrons. The SMILES string of the molecule is COC(=O)C(CN)(CCc1cnn(C)c1)c1ccccc1. The second kappa shape index (κ2) is 6.54. The van der Waals surface area contributed by atoms with E-state index in [4.69, 9.17) is 10.5 Å². The maximum Gasteiger partial charge on any atom is 0.317 e. The van der Waals surface area contributed by atoms with Crippen molar-refractivity contribution in [3.05, 3.63) is 53.9 Å². The van der Waals surface area contributed by atoms with Crippen molar-refractivity contribution in [1.82, 2.24) is 9.78 Å². The Kier molecular flexibility index (Phi) is 4.75. The van der Waals surface area contributed by atoms with Gasteiger partial charge in [0, 0.05) is 19.8 Å². The lowest BCUT2D eigenvalue weighted by Crippen LogP contribution is -2.44. The fourth-order valence-corrected chi connectivity index (χ4v) is 2.58. The van der Waals surface area contributed by atoms with E-state index in [2.05, 4.69) is 5.10 Å². The third-order valence-corrected chi connectivity index (χ3v) is 3.85. The monoisotopic (exact) mass is 287 g/mol. The van der Waals surface area contributed by atoms with E-state index in [1.54, 1.807) is 4.68 Å². The zero-order valence-corrected chi connectivity index (χ0v) is 12.5. The van der Waals surface area contributed by atoms with Gasteiger partial charge in [-0.2, -0.15) is 5.10 Å². The molecule has 112 valence electrons. The number of hydrogen-bond acceptors (Lipinski definition) is 4. The van der Waals surface area contributed by atoms with Crippen LogP contribution in [0.5, 0.6) is 0 Å². The Morgan fingerprint density at radius 3 is 2.62 bits per heavy atom. The molecule has 1 heterocycles. The predicted octanol–water partition coefficient (Wildman–Crippen LogP) is 1.42. The van der Waals surface area contributed by atoms with Gasteiger partial charge in [-0.15, -0.1) is 0 Å². The summed E-state index contributed by atoms with van der Waals surface area (Å²) in [7, 11) is 3.27. The summed E-state index contributed by atoms with van der Waals surface area (Å²) in [5.41, 5.74) is 7.12. The minimum absolute atomic E-state index is 0.212. The van der Waals surface area contributed by atoms with E-state index in [0.717, 1.165) is 17.5 Å². The Morgan fingerprint density at radius 1 is 1.38 bits per heavy atom. The van der Waals surface area contributed by atoms with Crippen molar-refractivity contribution in [2.24, 2.45) is 12.8 Å². The average molecular weight is 287 g/mol. The van der Waals surface area contributed by atoms with E-state index in [1.807, 2.05) is 49.8 Å². The number of hydrogen-bond donors (Lipinski definition) is 1. The van der Waals surface area contributed by atoms with E-state index < -0.39 is 5.41 Å². The molecule has 5 heteroatoms. The van der Waals surface area contributed by atoms with Gasteiger partial charge in [0.15, 0.2) is 0 Å². The number of benzene rings is 1. The summed E-state index contributed by atoms with van der Waals surface area (Å²) in [5, 5.41) is 4.15. The highest BCUT2D eigenvalue weighted by molar-refractivity contribution is 5.83. The lowest BCUT2D eigenvalue weighted by atomic mass is 9.76. The molecule has 1 aromatic carbocycles. The van der Waals surface area contributed by atoms with Gasteiger partial charge in [0.2, 0.25) is 0 Å². The molecule has 0 aliphatic heterocycles. The van der Waals surface area contributed by atoms with Crippen LogP contribution >= 0.6 is 0 Å². The predicted molar refractivity (Wildman–Crippen MR) is 80.7 cm³/mol. The van der Waals surface area contributed by atoms with Crippen molar-refractivity contribution in [1.29, 1.82) is 0 Å². The number of nitrogens with zero attached hydrogens (tertiary/aromatic N) is 2. The van der Waals surface area contributed by atoms with Gasteiger partial charge in [0.05, 0.1) is 13.3 Å². The molecule has 0 aliphatic rings. The molecule has 0 saturated carbocycles. The van der Waals surface area contributed by atoms with Crippen LogP contribution in [0.2, 0.25) is 0 Å². The molecule has 2 aromatic rings. The van der Waals surface area contributed by atoms with Crippen molar-refractivity contribution in [3.8, 4) is 0 Å². The van der Waals surface area contributed by atoms with Crippen molar-refractivity contribution in [2.75, 3.05) is 13.7 Å². The van der Waals surface area contributed by atoms with Crippen molar-refractivity contribution < 1.29 is 9.53 Å². The van der Waals surface area contributed by atoms with Gasteiger partial charge < -0.3 is 10.5 Å². The van der Waals surface area contributed by atoms with Crippen molar-refractivity contribution in [3.63, 3.8) is 0 Å². The quantitative estimate of drug-likeness (QED) is 0.816. The number of esters is 1. The summed E-state index contributed by atoms with van der Waals surface area (Å²) in [6.45, 7) is 0.212. The standard InChI is InChI=1S/C16H21N3O2/c1-19-11-13(10-18-19)8-9-16(12-17,15(20)21-2)14-6-4-3-5-7-14/h3-7,10-11H,8-9,12,17H2,1-2H3. The summed E-state index contributed by atoms with van der Waals surface area (Å²) >= 11 is 0. The highest BCUT2D eigenvalue weighted by atomic mass is 16.5. The molecule has 1 unspecified atom stereocenters. The number of aryl methyl sites for hydroxylation is 2. The highest BCUT2D eigenvalue weighted by Crippen LogP contribution is 2.30. The third-order valence-electron chi connectivity index (χ3n) is 3.85. The van der Waals surface area contributed by atoms with E-state index >= 15 is 0 Å². The highest BCUT2D eigenvalue weighted by Gasteiger charge is 2.39. The van der Waals surface area contributed by atoms with Crippen LogP contribution in [0.1, 0.15) is 17.5 Å². The van der Waals surface area contributed by atoms with Gasteiger partial charge in [0.1, 0.15) is 5.41 Å². The molecule has 21 heavy (non-hydrogen) atoms. The molecule has 0 aliphatic carbocycles. The minimum atomic E-state index is -0.814. The molecular formula is C16H21N3O2. The van der Waals surface area contributed by atoms with E-state index in [1.165, 1.54) is 7.11 Å². The number of carbonyl (C=O) groups excluding carboxylic acids is 1. The molecule has 2 N–H and O–H groups in total. The number of rotatable bonds is 6. The van der Waals surface area contributed by atoms with Crippen LogP contribution in [0.15, 0.2) is 42.7 Å². The summed E-state index contributed by atoms with van der Waals surface area (Å²) in [6, 6.07) is 9.59. The van der Waals surface area contributed by atoms with Gasteiger partial charge in [-0.25, -0.2) is 0 Å². The molecule has 0 spiro atoms. The average Bonchev–Trinajstić information content (AvgIpc) is 2.94. The van der Waals surface area contributed by atoms with Crippen LogP contribution in [0.4, 0.5) is 0 Å². The normalized spacial score (nSPS) is 13.7. The Bertz CT molecular complexity index is 595. The molecule has 0 amide bonds. The summed E-state index contributed by atoms with van der Waals surface area (Å²) in [5.74, 6) is -0.292. The first kappa shape index (κ1) is 15.3. The smallest absolute Gasteiger partial charge is 0.317 e. The Labute approximate surface area is 124 Å². The molecule has 1 atom stereocenters. The summed E-state index contributed by atoms with van der Waals surface area (Å²) in [4.78, 5) is 12.4. The largest absolute Gasteiger partial charge is 0.468 e. The first-order valence-corrected chi connectivity index (χ1v) is 6.94. The molecule has 0 bridgehead atoms. The van der Waals surface area contributed by atoms with Crippen LogP contribution in [0.25, 0.3) is 0 Å². The van der Waals surface area contributed by atoms with Gasteiger partial charge in [-0.3, -0.25) is 9.48 Å². The number of nitrogens with two attached hydrogens (primary N) is 1. The fraction of sp³-hybridized carbons (Fsp3) is 0.375. The lowest BCUT2D eigenvalue weighted by Gasteiger charge is -2.30. The van der Waals surface area contributed by atoms with Gasteiger partial charge >= 0.3 is 5.97 Å². The van der Waals surface area contributed by atoms with Crippen molar-refractivity contribution in [2.45, 2.75) is 18.3 Å². The molecule has 0 saturated heterocycles. The minimum Gasteiger partial charge on any atom is -0.468 e. The lowest BCUT2D eigenvalue weighted by molar-refractivity contribution is -0.147. The van der Waals surface area contributed by atoms with Gasteiger partial charge in [0.25, 0.3) is 0 Å². The number of methoxy groups -OCH3 is 1. The first-order valence-electron chi connectivity index (χ1n) is 6.94. The van der Waals surface area contributed by atoms with E-state index in [-0.39, 0.29) is 12.5 Å². The zero-order chi connectivity index (χ0) is 15.3. The summed E-state index contributed by atoms with van der Waals surface area (Å²) < 4.78 is 6.77. The number of ether oxygens (including phenoxy) is 1. The Hall–Kier alpha value is -2.14. The van der Waals surface area contributed by atoms with Gasteiger partial charge in [-0.05, 0) is 24.0 Å². The topological polar surface area (TPSA) is 70.1 Å². The maximum atomic E-state index is 12.4. The molecule has 5 nitrogen and oxygen atoms in total. The first-order chi connectivity index (χ1) is 10.1. The maximum absolute atomic E-state index is 12.4.